The molecule has 0 saturated carbocycles. The first-order valence-corrected chi connectivity index (χ1v) is 8.11. The second-order valence-corrected chi connectivity index (χ2v) is 6.91. The van der Waals surface area contributed by atoms with E-state index in [4.69, 9.17) is 9.47 Å². The predicted molar refractivity (Wildman–Crippen MR) is 82.3 cm³/mol. The zero-order valence-corrected chi connectivity index (χ0v) is 14.1. The SMILES string of the molecule is COCCOc1ccc(S(=O)(=O)N(C)CC(=O)N(C)C)cc1. The summed E-state index contributed by atoms with van der Waals surface area (Å²) in [7, 11) is 2.40. The van der Waals surface area contributed by atoms with Crippen LogP contribution in [0.1, 0.15) is 0 Å². The highest BCUT2D eigenvalue weighted by molar-refractivity contribution is 7.89. The van der Waals surface area contributed by atoms with Crippen LogP contribution in [-0.2, 0) is 19.6 Å². The molecule has 0 saturated heterocycles. The molecule has 0 bridgehead atoms. The molecule has 0 N–H and O–H groups in total. The van der Waals surface area contributed by atoms with Gasteiger partial charge in [-0.25, -0.2) is 8.42 Å². The molecule has 1 amide bonds. The van der Waals surface area contributed by atoms with E-state index in [0.29, 0.717) is 19.0 Å². The Labute approximate surface area is 131 Å². The maximum Gasteiger partial charge on any atom is 0.243 e. The van der Waals surface area contributed by atoms with Gasteiger partial charge in [0.05, 0.1) is 18.0 Å². The van der Waals surface area contributed by atoms with Gasteiger partial charge in [-0.3, -0.25) is 4.79 Å². The Morgan fingerprint density at radius 2 is 1.68 bits per heavy atom. The highest BCUT2D eigenvalue weighted by Gasteiger charge is 2.23. The fraction of sp³-hybridized carbons (Fsp3) is 0.500. The number of hydrogen-bond donors (Lipinski definition) is 0. The second kappa shape index (κ2) is 8.11. The molecule has 0 spiro atoms. The van der Waals surface area contributed by atoms with Crippen molar-refractivity contribution in [3.05, 3.63) is 24.3 Å². The number of sulfonamides is 1. The molecule has 1 rings (SSSR count). The summed E-state index contributed by atoms with van der Waals surface area (Å²) >= 11 is 0. The summed E-state index contributed by atoms with van der Waals surface area (Å²) in [4.78, 5) is 13.1. The van der Waals surface area contributed by atoms with E-state index < -0.39 is 10.0 Å². The van der Waals surface area contributed by atoms with Crippen molar-refractivity contribution in [1.82, 2.24) is 9.21 Å². The highest BCUT2D eigenvalue weighted by Crippen LogP contribution is 2.18. The van der Waals surface area contributed by atoms with Crippen LogP contribution in [0, 0.1) is 0 Å². The van der Waals surface area contributed by atoms with Crippen molar-refractivity contribution in [2.45, 2.75) is 4.90 Å². The Hall–Kier alpha value is -1.64. The van der Waals surface area contributed by atoms with Crippen molar-refractivity contribution in [1.29, 1.82) is 0 Å². The Bertz CT molecular complexity index is 584. The van der Waals surface area contributed by atoms with Gasteiger partial charge in [-0.2, -0.15) is 4.31 Å². The first-order chi connectivity index (χ1) is 10.3. The summed E-state index contributed by atoms with van der Waals surface area (Å²) in [5.74, 6) is 0.272. The number of benzene rings is 1. The lowest BCUT2D eigenvalue weighted by atomic mass is 10.3. The monoisotopic (exact) mass is 330 g/mol. The summed E-state index contributed by atoms with van der Waals surface area (Å²) in [6.45, 7) is 0.636. The maximum absolute atomic E-state index is 12.4. The van der Waals surface area contributed by atoms with E-state index in [-0.39, 0.29) is 17.3 Å². The molecule has 1 aromatic rings. The van der Waals surface area contributed by atoms with Crippen molar-refractivity contribution in [3.8, 4) is 5.75 Å². The number of methoxy groups -OCH3 is 1. The number of carbonyl (C=O) groups excluding carboxylic acids is 1. The molecule has 7 nitrogen and oxygen atoms in total. The number of carbonyl (C=O) groups is 1. The molecule has 0 heterocycles. The summed E-state index contributed by atoms with van der Waals surface area (Å²) < 4.78 is 36.0. The minimum absolute atomic E-state index is 0.112. The van der Waals surface area contributed by atoms with Crippen molar-refractivity contribution >= 4 is 15.9 Å². The summed E-state index contributed by atoms with van der Waals surface area (Å²) in [6, 6.07) is 6.05. The Balaban J connectivity index is 2.78. The first-order valence-electron chi connectivity index (χ1n) is 6.67. The molecule has 0 fully saturated rings. The molecule has 124 valence electrons. The van der Waals surface area contributed by atoms with Crippen LogP contribution >= 0.6 is 0 Å². The summed E-state index contributed by atoms with van der Waals surface area (Å²) in [5.41, 5.74) is 0. The van der Waals surface area contributed by atoms with Crippen LogP contribution in [-0.4, -0.2) is 71.5 Å². The predicted octanol–water partition coefficient (Wildman–Crippen LogP) is 0.421. The molecule has 0 aromatic heterocycles. The number of rotatable bonds is 8. The fourth-order valence-electron chi connectivity index (χ4n) is 1.55. The van der Waals surface area contributed by atoms with Crippen LogP contribution in [0.4, 0.5) is 0 Å². The van der Waals surface area contributed by atoms with E-state index in [1.54, 1.807) is 33.3 Å². The van der Waals surface area contributed by atoms with E-state index >= 15 is 0 Å². The normalized spacial score (nSPS) is 11.5. The maximum atomic E-state index is 12.4. The van der Waals surface area contributed by atoms with Crippen LogP contribution in [0.5, 0.6) is 5.75 Å². The molecule has 8 heteroatoms. The van der Waals surface area contributed by atoms with Gasteiger partial charge < -0.3 is 14.4 Å². The van der Waals surface area contributed by atoms with Gasteiger partial charge in [0.2, 0.25) is 15.9 Å². The molecule has 0 atom stereocenters. The molecule has 0 aliphatic rings. The fourth-order valence-corrected chi connectivity index (χ4v) is 2.67. The Morgan fingerprint density at radius 1 is 1.09 bits per heavy atom. The van der Waals surface area contributed by atoms with Crippen molar-refractivity contribution in [3.63, 3.8) is 0 Å². The van der Waals surface area contributed by atoms with Crippen LogP contribution in [0.25, 0.3) is 0 Å². The average Bonchev–Trinajstić information content (AvgIpc) is 2.47. The number of hydrogen-bond acceptors (Lipinski definition) is 5. The van der Waals surface area contributed by atoms with Gasteiger partial charge in [0.15, 0.2) is 0 Å². The van der Waals surface area contributed by atoms with Crippen LogP contribution < -0.4 is 4.74 Å². The minimum Gasteiger partial charge on any atom is -0.491 e. The van der Waals surface area contributed by atoms with Gasteiger partial charge in [-0.15, -0.1) is 0 Å². The van der Waals surface area contributed by atoms with Gasteiger partial charge in [-0.05, 0) is 24.3 Å². The molecule has 0 aliphatic heterocycles. The number of amides is 1. The highest BCUT2D eigenvalue weighted by atomic mass is 32.2. The average molecular weight is 330 g/mol. The lowest BCUT2D eigenvalue weighted by molar-refractivity contribution is -0.128. The zero-order valence-electron chi connectivity index (χ0n) is 13.3. The second-order valence-electron chi connectivity index (χ2n) is 4.86. The first kappa shape index (κ1) is 18.4. The third-order valence-electron chi connectivity index (χ3n) is 2.94. The van der Waals surface area contributed by atoms with E-state index in [0.717, 1.165) is 4.31 Å². The van der Waals surface area contributed by atoms with Crippen molar-refractivity contribution < 1.29 is 22.7 Å². The summed E-state index contributed by atoms with van der Waals surface area (Å²) in [6.07, 6.45) is 0. The number of nitrogens with zero attached hydrogens (tertiary/aromatic N) is 2. The van der Waals surface area contributed by atoms with E-state index in [1.165, 1.54) is 24.1 Å². The van der Waals surface area contributed by atoms with Gasteiger partial charge in [0, 0.05) is 28.3 Å². The minimum atomic E-state index is -3.70. The lowest BCUT2D eigenvalue weighted by Crippen LogP contribution is -2.37. The van der Waals surface area contributed by atoms with Gasteiger partial charge >= 0.3 is 0 Å². The topological polar surface area (TPSA) is 76.1 Å². The van der Waals surface area contributed by atoms with Gasteiger partial charge in [0.25, 0.3) is 0 Å². The van der Waals surface area contributed by atoms with E-state index in [1.807, 2.05) is 0 Å². The standard InChI is InChI=1S/C14H22N2O5S/c1-15(2)14(17)11-16(3)22(18,19)13-7-5-12(6-8-13)21-10-9-20-4/h5-8H,9-11H2,1-4H3. The van der Waals surface area contributed by atoms with Crippen LogP contribution in [0.15, 0.2) is 29.2 Å². The smallest absolute Gasteiger partial charge is 0.243 e. The van der Waals surface area contributed by atoms with Crippen molar-refractivity contribution in [2.24, 2.45) is 0 Å². The van der Waals surface area contributed by atoms with Crippen LogP contribution in [0.3, 0.4) is 0 Å². The van der Waals surface area contributed by atoms with Crippen molar-refractivity contribution in [2.75, 3.05) is 48.0 Å². The zero-order chi connectivity index (χ0) is 16.8. The summed E-state index contributed by atoms with van der Waals surface area (Å²) in [5, 5.41) is 0. The number of likely N-dealkylation sites (N-methyl/N-ethyl adjacent to an activating group) is 2. The Kier molecular flexibility index (Phi) is 6.79. The molecule has 1 aromatic carbocycles. The quantitative estimate of drug-likeness (QED) is 0.646. The Morgan fingerprint density at radius 3 is 2.18 bits per heavy atom. The molecule has 0 aliphatic carbocycles. The van der Waals surface area contributed by atoms with E-state index in [9.17, 15) is 13.2 Å². The lowest BCUT2D eigenvalue weighted by Gasteiger charge is -2.19. The van der Waals surface area contributed by atoms with Crippen LogP contribution in [0.2, 0.25) is 0 Å². The number of ether oxygens (including phenoxy) is 2. The molecular formula is C14H22N2O5S. The van der Waals surface area contributed by atoms with Gasteiger partial charge in [0.1, 0.15) is 12.4 Å². The molecular weight excluding hydrogens is 308 g/mol. The molecule has 0 unspecified atom stereocenters. The molecule has 0 radical (unpaired) electrons. The van der Waals surface area contributed by atoms with Gasteiger partial charge in [-0.1, -0.05) is 0 Å². The largest absolute Gasteiger partial charge is 0.491 e. The molecule has 22 heavy (non-hydrogen) atoms. The third-order valence-corrected chi connectivity index (χ3v) is 4.76. The van der Waals surface area contributed by atoms with E-state index in [2.05, 4.69) is 0 Å². The third kappa shape index (κ3) is 4.97.